The van der Waals surface area contributed by atoms with Crippen LogP contribution in [0.3, 0.4) is 0 Å². The summed E-state index contributed by atoms with van der Waals surface area (Å²) >= 11 is 0. The molecule has 19 heavy (non-hydrogen) atoms. The summed E-state index contributed by atoms with van der Waals surface area (Å²) in [5, 5.41) is 12.3. The van der Waals surface area contributed by atoms with Gasteiger partial charge in [-0.15, -0.1) is 0 Å². The Morgan fingerprint density at radius 2 is 1.95 bits per heavy atom. The zero-order valence-corrected chi connectivity index (χ0v) is 10.6. The summed E-state index contributed by atoms with van der Waals surface area (Å²) in [5.41, 5.74) is 3.29. The van der Waals surface area contributed by atoms with Gasteiger partial charge < -0.3 is 5.32 Å². The largest absolute Gasteiger partial charge is 0.309 e. The third-order valence-corrected chi connectivity index (χ3v) is 3.22. The maximum atomic E-state index is 4.40. The second kappa shape index (κ2) is 5.12. The highest BCUT2D eigenvalue weighted by Crippen LogP contribution is 2.27. The molecule has 1 N–H and O–H groups in total. The first-order valence-electron chi connectivity index (χ1n) is 6.17. The SMILES string of the molecule is CNC(c1ccnnc1)c1cccc2ncccc12. The third kappa shape index (κ3) is 2.18. The van der Waals surface area contributed by atoms with E-state index in [2.05, 4.69) is 32.6 Å². The zero-order valence-electron chi connectivity index (χ0n) is 10.6. The number of nitrogens with zero attached hydrogens (tertiary/aromatic N) is 3. The molecule has 4 nitrogen and oxygen atoms in total. The van der Waals surface area contributed by atoms with E-state index in [0.717, 1.165) is 16.5 Å². The molecule has 0 aliphatic rings. The third-order valence-electron chi connectivity index (χ3n) is 3.22. The van der Waals surface area contributed by atoms with Crippen LogP contribution in [0.5, 0.6) is 0 Å². The molecule has 1 unspecified atom stereocenters. The van der Waals surface area contributed by atoms with Gasteiger partial charge in [-0.1, -0.05) is 18.2 Å². The summed E-state index contributed by atoms with van der Waals surface area (Å²) < 4.78 is 0. The lowest BCUT2D eigenvalue weighted by molar-refractivity contribution is 0.689. The molecule has 94 valence electrons. The Bertz CT molecular complexity index is 677. The van der Waals surface area contributed by atoms with Crippen molar-refractivity contribution in [2.45, 2.75) is 6.04 Å². The van der Waals surface area contributed by atoms with Gasteiger partial charge in [0.15, 0.2) is 0 Å². The van der Waals surface area contributed by atoms with E-state index in [-0.39, 0.29) is 6.04 Å². The Balaban J connectivity index is 2.17. The van der Waals surface area contributed by atoms with E-state index >= 15 is 0 Å². The van der Waals surface area contributed by atoms with Gasteiger partial charge in [-0.2, -0.15) is 10.2 Å². The van der Waals surface area contributed by atoms with Gasteiger partial charge in [0.05, 0.1) is 17.8 Å². The first-order valence-corrected chi connectivity index (χ1v) is 6.17. The summed E-state index contributed by atoms with van der Waals surface area (Å²) in [5.74, 6) is 0. The number of pyridine rings is 1. The molecular formula is C15H14N4. The molecule has 1 aromatic carbocycles. The Morgan fingerprint density at radius 1 is 1.00 bits per heavy atom. The van der Waals surface area contributed by atoms with Crippen LogP contribution >= 0.6 is 0 Å². The van der Waals surface area contributed by atoms with E-state index in [1.54, 1.807) is 12.4 Å². The van der Waals surface area contributed by atoms with Gasteiger partial charge in [0.1, 0.15) is 0 Å². The summed E-state index contributed by atoms with van der Waals surface area (Å²) in [4.78, 5) is 4.40. The smallest absolute Gasteiger partial charge is 0.0705 e. The molecule has 0 radical (unpaired) electrons. The van der Waals surface area contributed by atoms with Crippen LogP contribution in [-0.4, -0.2) is 22.2 Å². The molecule has 0 fully saturated rings. The van der Waals surface area contributed by atoms with E-state index in [4.69, 9.17) is 0 Å². The predicted molar refractivity (Wildman–Crippen MR) is 74.7 cm³/mol. The second-order valence-corrected chi connectivity index (χ2v) is 4.31. The second-order valence-electron chi connectivity index (χ2n) is 4.31. The van der Waals surface area contributed by atoms with E-state index in [1.807, 2.05) is 37.5 Å². The minimum atomic E-state index is 0.0865. The lowest BCUT2D eigenvalue weighted by Crippen LogP contribution is -2.18. The number of rotatable bonds is 3. The molecule has 0 saturated heterocycles. The molecule has 2 aromatic heterocycles. The van der Waals surface area contributed by atoms with Gasteiger partial charge >= 0.3 is 0 Å². The van der Waals surface area contributed by atoms with Crippen molar-refractivity contribution in [2.75, 3.05) is 7.05 Å². The minimum Gasteiger partial charge on any atom is -0.309 e. The van der Waals surface area contributed by atoms with Crippen LogP contribution in [-0.2, 0) is 0 Å². The van der Waals surface area contributed by atoms with Gasteiger partial charge in [0.25, 0.3) is 0 Å². The monoisotopic (exact) mass is 250 g/mol. The van der Waals surface area contributed by atoms with Crippen molar-refractivity contribution in [3.63, 3.8) is 0 Å². The van der Waals surface area contributed by atoms with E-state index in [0.29, 0.717) is 0 Å². The number of hydrogen-bond acceptors (Lipinski definition) is 4. The fourth-order valence-electron chi connectivity index (χ4n) is 2.35. The Kier molecular flexibility index (Phi) is 3.16. The summed E-state index contributed by atoms with van der Waals surface area (Å²) in [6.07, 6.45) is 5.31. The fraction of sp³-hybridized carbons (Fsp3) is 0.133. The van der Waals surface area contributed by atoms with Crippen LogP contribution < -0.4 is 5.32 Å². The van der Waals surface area contributed by atoms with Crippen molar-refractivity contribution in [2.24, 2.45) is 0 Å². The maximum Gasteiger partial charge on any atom is 0.0705 e. The first-order chi connectivity index (χ1) is 9.40. The Labute approximate surface area is 111 Å². The van der Waals surface area contributed by atoms with Crippen LogP contribution in [0.25, 0.3) is 10.9 Å². The van der Waals surface area contributed by atoms with E-state index < -0.39 is 0 Å². The summed E-state index contributed by atoms with van der Waals surface area (Å²) in [6.45, 7) is 0. The average Bonchev–Trinajstić information content (AvgIpc) is 2.49. The van der Waals surface area contributed by atoms with Gasteiger partial charge in [0, 0.05) is 17.8 Å². The zero-order chi connectivity index (χ0) is 13.1. The van der Waals surface area contributed by atoms with Gasteiger partial charge in [-0.3, -0.25) is 4.98 Å². The molecular weight excluding hydrogens is 236 g/mol. The van der Waals surface area contributed by atoms with Crippen LogP contribution in [0.4, 0.5) is 0 Å². The molecule has 0 spiro atoms. The molecule has 0 aliphatic heterocycles. The first kappa shape index (κ1) is 11.7. The number of nitrogens with one attached hydrogen (secondary N) is 1. The molecule has 4 heteroatoms. The Hall–Kier alpha value is -2.33. The van der Waals surface area contributed by atoms with Crippen molar-refractivity contribution in [3.8, 4) is 0 Å². The normalized spacial score (nSPS) is 12.5. The number of benzene rings is 1. The summed E-state index contributed by atoms with van der Waals surface area (Å²) in [7, 11) is 1.94. The van der Waals surface area contributed by atoms with Crippen LogP contribution in [0.15, 0.2) is 55.0 Å². The molecule has 0 aliphatic carbocycles. The Morgan fingerprint density at radius 3 is 2.74 bits per heavy atom. The highest BCUT2D eigenvalue weighted by atomic mass is 15.1. The minimum absolute atomic E-state index is 0.0865. The van der Waals surface area contributed by atoms with E-state index in [9.17, 15) is 0 Å². The fourth-order valence-corrected chi connectivity index (χ4v) is 2.35. The highest BCUT2D eigenvalue weighted by Gasteiger charge is 2.14. The molecule has 0 amide bonds. The predicted octanol–water partition coefficient (Wildman–Crippen LogP) is 2.33. The van der Waals surface area contributed by atoms with Crippen molar-refractivity contribution >= 4 is 10.9 Å². The molecule has 3 aromatic rings. The molecule has 0 bridgehead atoms. The van der Waals surface area contributed by atoms with E-state index in [1.165, 1.54) is 5.56 Å². The molecule has 3 rings (SSSR count). The van der Waals surface area contributed by atoms with Crippen LogP contribution in [0, 0.1) is 0 Å². The molecule has 0 saturated carbocycles. The van der Waals surface area contributed by atoms with Gasteiger partial charge in [-0.25, -0.2) is 0 Å². The van der Waals surface area contributed by atoms with Crippen molar-refractivity contribution in [1.29, 1.82) is 0 Å². The quantitative estimate of drug-likeness (QED) is 0.775. The number of aromatic nitrogens is 3. The highest BCUT2D eigenvalue weighted by molar-refractivity contribution is 5.82. The topological polar surface area (TPSA) is 50.7 Å². The molecule has 1 atom stereocenters. The number of hydrogen-bond donors (Lipinski definition) is 1. The van der Waals surface area contributed by atoms with Crippen LogP contribution in [0.1, 0.15) is 17.2 Å². The van der Waals surface area contributed by atoms with Crippen molar-refractivity contribution in [3.05, 3.63) is 66.1 Å². The average molecular weight is 250 g/mol. The molecule has 2 heterocycles. The van der Waals surface area contributed by atoms with Gasteiger partial charge in [-0.05, 0) is 36.4 Å². The van der Waals surface area contributed by atoms with Crippen molar-refractivity contribution < 1.29 is 0 Å². The lowest BCUT2D eigenvalue weighted by atomic mass is 9.97. The van der Waals surface area contributed by atoms with Crippen molar-refractivity contribution in [1.82, 2.24) is 20.5 Å². The maximum absolute atomic E-state index is 4.40. The van der Waals surface area contributed by atoms with Gasteiger partial charge in [0.2, 0.25) is 0 Å². The standard InChI is InChI=1S/C15H14N4/c1-16-15(11-7-9-18-19-10-11)13-4-2-6-14-12(13)5-3-8-17-14/h2-10,15-16H,1H3. The summed E-state index contributed by atoms with van der Waals surface area (Å²) in [6, 6.07) is 12.3. The number of fused-ring (bicyclic) bond motifs is 1. The lowest BCUT2D eigenvalue weighted by Gasteiger charge is -2.18. The van der Waals surface area contributed by atoms with Crippen LogP contribution in [0.2, 0.25) is 0 Å².